The second-order valence-electron chi connectivity index (χ2n) is 7.88. The number of anilines is 2. The summed E-state index contributed by atoms with van der Waals surface area (Å²) >= 11 is 0. The van der Waals surface area contributed by atoms with Gasteiger partial charge in [0.2, 0.25) is 0 Å². The predicted molar refractivity (Wildman–Crippen MR) is 126 cm³/mol. The van der Waals surface area contributed by atoms with Crippen LogP contribution in [0.2, 0.25) is 0 Å². The van der Waals surface area contributed by atoms with Gasteiger partial charge in [0, 0.05) is 29.6 Å². The molecule has 31 heavy (non-hydrogen) atoms. The molecule has 0 spiro atoms. The molecule has 1 aliphatic heterocycles. The van der Waals surface area contributed by atoms with Crippen LogP contribution in [0.5, 0.6) is 0 Å². The lowest BCUT2D eigenvalue weighted by Gasteiger charge is -2.42. The number of hydrogen-bond acceptors (Lipinski definition) is 3. The Morgan fingerprint density at radius 1 is 1.19 bits per heavy atom. The molecule has 2 heterocycles. The van der Waals surface area contributed by atoms with Gasteiger partial charge in [0.25, 0.3) is 0 Å². The second kappa shape index (κ2) is 8.13. The summed E-state index contributed by atoms with van der Waals surface area (Å²) in [5, 5.41) is 20.8. The predicted octanol–water partition coefficient (Wildman–Crippen LogP) is 6.82. The highest BCUT2D eigenvalue weighted by Crippen LogP contribution is 2.44. The molecule has 0 atom stereocenters. The van der Waals surface area contributed by atoms with Crippen molar-refractivity contribution in [1.82, 2.24) is 4.98 Å². The molecule has 0 unspecified atom stereocenters. The summed E-state index contributed by atoms with van der Waals surface area (Å²) in [5.41, 5.74) is 1.26. The van der Waals surface area contributed by atoms with Gasteiger partial charge in [-0.1, -0.05) is 39.0 Å². The standard InChI is InChI=1S/C22H23F2N5.C2H6/c1-5-16(25)29-20-15(28-22(3,4)21(29)26)9-14(23)17(18(20)24)13-8-6-7-12-11(2)10-27-19(12)13;1-2/h6-10,25-28H,5H2,1-4H3;1-2H3. The van der Waals surface area contributed by atoms with E-state index in [1.54, 1.807) is 39.1 Å². The minimum absolute atomic E-state index is 0.0119. The molecular weight excluding hydrogens is 396 g/mol. The summed E-state index contributed by atoms with van der Waals surface area (Å²) in [6.07, 6.45) is 2.12. The number of aromatic nitrogens is 1. The van der Waals surface area contributed by atoms with E-state index in [0.29, 0.717) is 17.5 Å². The quantitative estimate of drug-likeness (QED) is 0.268. The van der Waals surface area contributed by atoms with E-state index in [0.717, 1.165) is 10.9 Å². The molecule has 3 aromatic rings. The lowest BCUT2D eigenvalue weighted by atomic mass is 9.93. The minimum atomic E-state index is -0.870. The van der Waals surface area contributed by atoms with E-state index in [1.807, 2.05) is 26.8 Å². The zero-order valence-electron chi connectivity index (χ0n) is 18.8. The van der Waals surface area contributed by atoms with Gasteiger partial charge < -0.3 is 10.3 Å². The molecule has 4 N–H and O–H groups in total. The highest BCUT2D eigenvalue weighted by atomic mass is 19.1. The Labute approximate surface area is 181 Å². The van der Waals surface area contributed by atoms with Crippen molar-refractivity contribution < 1.29 is 8.78 Å². The van der Waals surface area contributed by atoms with Gasteiger partial charge in [-0.25, -0.2) is 8.78 Å². The fourth-order valence-electron chi connectivity index (χ4n) is 3.89. The smallest absolute Gasteiger partial charge is 0.160 e. The number of benzene rings is 2. The maximum Gasteiger partial charge on any atom is 0.160 e. The average Bonchev–Trinajstić information content (AvgIpc) is 3.12. The van der Waals surface area contributed by atoms with Crippen molar-refractivity contribution in [2.24, 2.45) is 0 Å². The summed E-state index contributed by atoms with van der Waals surface area (Å²) in [7, 11) is 0. The summed E-state index contributed by atoms with van der Waals surface area (Å²) in [6, 6.07) is 6.60. The van der Waals surface area contributed by atoms with Gasteiger partial charge in [0.15, 0.2) is 5.82 Å². The lowest BCUT2D eigenvalue weighted by molar-refractivity contribution is 0.587. The Balaban J connectivity index is 0.00000132. The normalized spacial score (nSPS) is 14.6. The van der Waals surface area contributed by atoms with Crippen LogP contribution in [0, 0.1) is 29.4 Å². The third-order valence-electron chi connectivity index (χ3n) is 5.48. The Hall–Kier alpha value is -3.22. The number of amidine groups is 2. The van der Waals surface area contributed by atoms with Gasteiger partial charge in [-0.15, -0.1) is 0 Å². The molecule has 7 heteroatoms. The Morgan fingerprint density at radius 2 is 1.87 bits per heavy atom. The first kappa shape index (κ1) is 22.5. The maximum atomic E-state index is 15.9. The number of aryl methyl sites for hydroxylation is 1. The van der Waals surface area contributed by atoms with E-state index in [1.165, 1.54) is 11.0 Å². The fourth-order valence-corrected chi connectivity index (χ4v) is 3.89. The maximum absolute atomic E-state index is 15.9. The van der Waals surface area contributed by atoms with Crippen molar-refractivity contribution in [1.29, 1.82) is 10.8 Å². The number of H-pyrrole nitrogens is 1. The van der Waals surface area contributed by atoms with Crippen molar-refractivity contribution in [3.05, 3.63) is 47.7 Å². The van der Waals surface area contributed by atoms with Crippen molar-refractivity contribution in [2.75, 3.05) is 10.2 Å². The first-order valence-electron chi connectivity index (χ1n) is 10.5. The van der Waals surface area contributed by atoms with E-state index < -0.39 is 17.2 Å². The highest BCUT2D eigenvalue weighted by Gasteiger charge is 2.40. The van der Waals surface area contributed by atoms with Crippen molar-refractivity contribution in [3.63, 3.8) is 0 Å². The molecule has 4 rings (SSSR count). The SMILES string of the molecule is CC.CCC(=N)N1C(=N)C(C)(C)Nc2cc(F)c(-c3cccc4c(C)c[nH]c34)c(F)c21. The van der Waals surface area contributed by atoms with E-state index in [2.05, 4.69) is 10.3 Å². The van der Waals surface area contributed by atoms with Gasteiger partial charge in [-0.3, -0.25) is 15.7 Å². The molecule has 1 aromatic heterocycles. The monoisotopic (exact) mass is 425 g/mol. The molecule has 2 aromatic carbocycles. The summed E-state index contributed by atoms with van der Waals surface area (Å²) in [5.74, 6) is -1.36. The lowest BCUT2D eigenvalue weighted by Crippen LogP contribution is -2.55. The van der Waals surface area contributed by atoms with E-state index in [-0.39, 0.29) is 28.6 Å². The summed E-state index contributed by atoms with van der Waals surface area (Å²) in [4.78, 5) is 4.39. The van der Waals surface area contributed by atoms with Crippen LogP contribution < -0.4 is 10.2 Å². The Morgan fingerprint density at radius 3 is 2.52 bits per heavy atom. The number of rotatable bonds is 2. The van der Waals surface area contributed by atoms with Crippen LogP contribution in [0.4, 0.5) is 20.2 Å². The topological polar surface area (TPSA) is 78.8 Å². The third-order valence-corrected chi connectivity index (χ3v) is 5.48. The molecule has 0 amide bonds. The van der Waals surface area contributed by atoms with Gasteiger partial charge in [0.1, 0.15) is 23.2 Å². The molecule has 0 saturated carbocycles. The number of aromatic amines is 1. The van der Waals surface area contributed by atoms with Crippen molar-refractivity contribution in [2.45, 2.75) is 53.5 Å². The first-order chi connectivity index (χ1) is 14.7. The average molecular weight is 426 g/mol. The van der Waals surface area contributed by atoms with Crippen LogP contribution in [-0.4, -0.2) is 22.2 Å². The van der Waals surface area contributed by atoms with Crippen LogP contribution in [0.15, 0.2) is 30.5 Å². The molecule has 164 valence electrons. The van der Waals surface area contributed by atoms with Crippen LogP contribution in [0.1, 0.15) is 46.6 Å². The molecule has 1 aliphatic rings. The van der Waals surface area contributed by atoms with Gasteiger partial charge in [0.05, 0.1) is 22.3 Å². The summed E-state index contributed by atoms with van der Waals surface area (Å²) in [6.45, 7) is 11.2. The molecule has 0 saturated heterocycles. The number of para-hydroxylation sites is 1. The first-order valence-corrected chi connectivity index (χ1v) is 10.5. The largest absolute Gasteiger partial charge is 0.371 e. The van der Waals surface area contributed by atoms with Gasteiger partial charge in [-0.2, -0.15) is 0 Å². The van der Waals surface area contributed by atoms with Crippen LogP contribution in [0.25, 0.3) is 22.0 Å². The highest BCUT2D eigenvalue weighted by molar-refractivity contribution is 6.24. The number of halogens is 2. The molecule has 0 fully saturated rings. The number of nitrogens with zero attached hydrogens (tertiary/aromatic N) is 1. The van der Waals surface area contributed by atoms with Gasteiger partial charge in [-0.05, 0) is 26.3 Å². The van der Waals surface area contributed by atoms with Crippen molar-refractivity contribution >= 4 is 33.9 Å². The van der Waals surface area contributed by atoms with E-state index >= 15 is 8.78 Å². The number of fused-ring (bicyclic) bond motifs is 2. The number of nitrogens with one attached hydrogen (secondary N) is 4. The second-order valence-corrected chi connectivity index (χ2v) is 7.88. The van der Waals surface area contributed by atoms with E-state index in [4.69, 9.17) is 10.8 Å². The van der Waals surface area contributed by atoms with Gasteiger partial charge >= 0.3 is 0 Å². The molecule has 5 nitrogen and oxygen atoms in total. The number of hydrogen-bond donors (Lipinski definition) is 4. The Bertz CT molecular complexity index is 1180. The Kier molecular flexibility index (Phi) is 5.89. The van der Waals surface area contributed by atoms with Crippen LogP contribution in [-0.2, 0) is 0 Å². The summed E-state index contributed by atoms with van der Waals surface area (Å²) < 4.78 is 31.1. The molecule has 0 radical (unpaired) electrons. The molecule has 0 aliphatic carbocycles. The van der Waals surface area contributed by atoms with E-state index in [9.17, 15) is 0 Å². The van der Waals surface area contributed by atoms with Crippen molar-refractivity contribution in [3.8, 4) is 11.1 Å². The molecule has 0 bridgehead atoms. The zero-order valence-corrected chi connectivity index (χ0v) is 18.8. The fraction of sp³-hybridized carbons (Fsp3) is 0.333. The van der Waals surface area contributed by atoms with Crippen LogP contribution in [0.3, 0.4) is 0 Å². The van der Waals surface area contributed by atoms with Crippen LogP contribution >= 0.6 is 0 Å². The third kappa shape index (κ3) is 3.48. The molecular formula is C24H29F2N5. The minimum Gasteiger partial charge on any atom is -0.371 e. The zero-order chi connectivity index (χ0) is 23.1.